The van der Waals surface area contributed by atoms with Gasteiger partial charge in [0.25, 0.3) is 0 Å². The number of unbranched alkanes of at least 4 members (excludes halogenated alkanes) is 1. The molecule has 0 N–H and O–H groups in total. The minimum absolute atomic E-state index is 0.143. The Kier molecular flexibility index (Phi) is 6.46. The summed E-state index contributed by atoms with van der Waals surface area (Å²) >= 11 is 0. The standard InChI is InChI=1S/C29H28N2O5/c1-35-23-14-15-25-24(18-23)29(19-26(32)31(28(29)34)20-21-10-4-2-5-11-21)27(33)30(25)16-8-9-17-36-22-12-6-3-7-13-22/h2-7,10-15,18H,8-9,16-17,19-20H2,1H3. The average Bonchev–Trinajstić information content (AvgIpc) is 3.30. The Labute approximate surface area is 210 Å². The predicted molar refractivity (Wildman–Crippen MR) is 135 cm³/mol. The van der Waals surface area contributed by atoms with Crippen molar-refractivity contribution in [1.29, 1.82) is 0 Å². The zero-order chi connectivity index (χ0) is 25.1. The number of hydrogen-bond donors (Lipinski definition) is 0. The molecule has 1 unspecified atom stereocenters. The number of carbonyl (C=O) groups is 3. The van der Waals surface area contributed by atoms with Crippen molar-refractivity contribution in [2.45, 2.75) is 31.2 Å². The molecule has 0 aromatic heterocycles. The largest absolute Gasteiger partial charge is 0.497 e. The molecule has 36 heavy (non-hydrogen) atoms. The number of nitrogens with zero attached hydrogens (tertiary/aromatic N) is 2. The Morgan fingerprint density at radius 3 is 2.22 bits per heavy atom. The quantitative estimate of drug-likeness (QED) is 0.260. The number of anilines is 1. The highest BCUT2D eigenvalue weighted by Gasteiger charge is 2.63. The first-order valence-electron chi connectivity index (χ1n) is 12.1. The SMILES string of the molecule is COc1ccc2c(c1)C1(CC(=O)N(Cc3ccccc3)C1=O)C(=O)N2CCCCOc1ccccc1. The van der Waals surface area contributed by atoms with Crippen molar-refractivity contribution in [3.8, 4) is 11.5 Å². The van der Waals surface area contributed by atoms with Crippen LogP contribution < -0.4 is 14.4 Å². The lowest BCUT2D eigenvalue weighted by atomic mass is 9.80. The van der Waals surface area contributed by atoms with Crippen LogP contribution in [0.15, 0.2) is 78.9 Å². The van der Waals surface area contributed by atoms with E-state index in [1.807, 2.05) is 60.7 Å². The first-order valence-corrected chi connectivity index (χ1v) is 12.1. The second kappa shape index (κ2) is 9.85. The maximum absolute atomic E-state index is 13.9. The number of methoxy groups -OCH3 is 1. The molecule has 3 aromatic rings. The van der Waals surface area contributed by atoms with Crippen LogP contribution in [0.1, 0.15) is 30.4 Å². The molecule has 1 atom stereocenters. The van der Waals surface area contributed by atoms with Crippen molar-refractivity contribution in [3.63, 3.8) is 0 Å². The molecule has 3 amide bonds. The van der Waals surface area contributed by atoms with Crippen LogP contribution in [0.25, 0.3) is 0 Å². The van der Waals surface area contributed by atoms with Crippen molar-refractivity contribution < 1.29 is 23.9 Å². The monoisotopic (exact) mass is 484 g/mol. The van der Waals surface area contributed by atoms with Crippen molar-refractivity contribution in [3.05, 3.63) is 90.0 Å². The fraction of sp³-hybridized carbons (Fsp3) is 0.276. The number of fused-ring (bicyclic) bond motifs is 2. The second-order valence-electron chi connectivity index (χ2n) is 9.06. The lowest BCUT2D eigenvalue weighted by Crippen LogP contribution is -2.46. The van der Waals surface area contributed by atoms with E-state index in [9.17, 15) is 14.4 Å². The molecule has 1 spiro atoms. The highest BCUT2D eigenvalue weighted by molar-refractivity contribution is 6.28. The van der Waals surface area contributed by atoms with E-state index in [1.54, 1.807) is 30.2 Å². The third kappa shape index (κ3) is 4.11. The zero-order valence-corrected chi connectivity index (χ0v) is 20.2. The van der Waals surface area contributed by atoms with Gasteiger partial charge in [-0.3, -0.25) is 19.3 Å². The number of benzene rings is 3. The van der Waals surface area contributed by atoms with Crippen LogP contribution in [0.3, 0.4) is 0 Å². The van der Waals surface area contributed by atoms with E-state index in [4.69, 9.17) is 9.47 Å². The molecular formula is C29H28N2O5. The molecule has 184 valence electrons. The minimum Gasteiger partial charge on any atom is -0.497 e. The number of rotatable bonds is 9. The Morgan fingerprint density at radius 2 is 1.50 bits per heavy atom. The molecule has 1 saturated heterocycles. The van der Waals surface area contributed by atoms with Gasteiger partial charge in [0.15, 0.2) is 5.41 Å². The maximum Gasteiger partial charge on any atom is 0.250 e. The summed E-state index contributed by atoms with van der Waals surface area (Å²) in [7, 11) is 1.54. The van der Waals surface area contributed by atoms with Crippen molar-refractivity contribution in [1.82, 2.24) is 4.90 Å². The van der Waals surface area contributed by atoms with E-state index in [-0.39, 0.29) is 24.8 Å². The number of para-hydroxylation sites is 1. The Morgan fingerprint density at radius 1 is 0.806 bits per heavy atom. The lowest BCUT2D eigenvalue weighted by Gasteiger charge is -2.22. The summed E-state index contributed by atoms with van der Waals surface area (Å²) in [6, 6.07) is 24.2. The second-order valence-corrected chi connectivity index (χ2v) is 9.06. The lowest BCUT2D eigenvalue weighted by molar-refractivity contribution is -0.142. The Bertz CT molecular complexity index is 1280. The van der Waals surface area contributed by atoms with E-state index in [0.717, 1.165) is 17.7 Å². The molecule has 2 heterocycles. The highest BCUT2D eigenvalue weighted by Crippen LogP contribution is 2.50. The van der Waals surface area contributed by atoms with Crippen LogP contribution in [0, 0.1) is 0 Å². The smallest absolute Gasteiger partial charge is 0.250 e. The summed E-state index contributed by atoms with van der Waals surface area (Å²) in [5.74, 6) is 0.194. The van der Waals surface area contributed by atoms with Crippen molar-refractivity contribution >= 4 is 23.4 Å². The van der Waals surface area contributed by atoms with Crippen molar-refractivity contribution in [2.75, 3.05) is 25.2 Å². The minimum atomic E-state index is -1.55. The fourth-order valence-corrected chi connectivity index (χ4v) is 5.02. The first kappa shape index (κ1) is 23.6. The molecule has 7 nitrogen and oxygen atoms in total. The molecule has 2 aliphatic heterocycles. The molecule has 0 bridgehead atoms. The summed E-state index contributed by atoms with van der Waals surface area (Å²) in [6.07, 6.45) is 1.26. The van der Waals surface area contributed by atoms with E-state index in [1.165, 1.54) is 4.90 Å². The number of hydrogen-bond acceptors (Lipinski definition) is 5. The van der Waals surface area contributed by atoms with Gasteiger partial charge in [-0.25, -0.2) is 0 Å². The number of likely N-dealkylation sites (tertiary alicyclic amines) is 1. The van der Waals surface area contributed by atoms with Gasteiger partial charge in [-0.05, 0) is 48.7 Å². The van der Waals surface area contributed by atoms with Crippen LogP contribution in [0.4, 0.5) is 5.69 Å². The van der Waals surface area contributed by atoms with Gasteiger partial charge in [0, 0.05) is 17.8 Å². The Balaban J connectivity index is 1.36. The first-order chi connectivity index (χ1) is 17.5. The van der Waals surface area contributed by atoms with Gasteiger partial charge < -0.3 is 14.4 Å². The van der Waals surface area contributed by atoms with Gasteiger partial charge in [0.1, 0.15) is 11.5 Å². The van der Waals surface area contributed by atoms with Crippen molar-refractivity contribution in [2.24, 2.45) is 0 Å². The molecule has 7 heteroatoms. The number of carbonyl (C=O) groups excluding carboxylic acids is 3. The van der Waals surface area contributed by atoms with Crippen LogP contribution in [-0.2, 0) is 26.3 Å². The van der Waals surface area contributed by atoms with Gasteiger partial charge in [-0.1, -0.05) is 48.5 Å². The normalized spacial score (nSPS) is 18.8. The van der Waals surface area contributed by atoms with E-state index >= 15 is 0 Å². The molecule has 0 saturated carbocycles. The fourth-order valence-electron chi connectivity index (χ4n) is 5.02. The molecule has 0 radical (unpaired) electrons. The number of amides is 3. The van der Waals surface area contributed by atoms with E-state index < -0.39 is 11.3 Å². The summed E-state index contributed by atoms with van der Waals surface area (Å²) in [6.45, 7) is 1.09. The summed E-state index contributed by atoms with van der Waals surface area (Å²) < 4.78 is 11.2. The number of ether oxygens (including phenoxy) is 2. The van der Waals surface area contributed by atoms with Gasteiger partial charge >= 0.3 is 0 Å². The molecule has 0 aliphatic carbocycles. The average molecular weight is 485 g/mol. The summed E-state index contributed by atoms with van der Waals surface area (Å²) in [4.78, 5) is 43.6. The molecule has 1 fully saturated rings. The summed E-state index contributed by atoms with van der Waals surface area (Å²) in [5.41, 5.74) is 0.493. The van der Waals surface area contributed by atoms with Crippen LogP contribution in [0.2, 0.25) is 0 Å². The van der Waals surface area contributed by atoms with Crippen LogP contribution in [0.5, 0.6) is 11.5 Å². The topological polar surface area (TPSA) is 76.2 Å². The third-order valence-electron chi connectivity index (χ3n) is 6.86. The zero-order valence-electron chi connectivity index (χ0n) is 20.2. The van der Waals surface area contributed by atoms with E-state index in [0.29, 0.717) is 36.6 Å². The van der Waals surface area contributed by atoms with Gasteiger partial charge in [-0.15, -0.1) is 0 Å². The van der Waals surface area contributed by atoms with Gasteiger partial charge in [0.05, 0.1) is 26.7 Å². The molecule has 2 aliphatic rings. The predicted octanol–water partition coefficient (Wildman–Crippen LogP) is 4.10. The van der Waals surface area contributed by atoms with E-state index in [2.05, 4.69) is 0 Å². The molecule has 3 aromatic carbocycles. The number of imide groups is 1. The van der Waals surface area contributed by atoms with Gasteiger partial charge in [-0.2, -0.15) is 0 Å². The Hall–Kier alpha value is -4.13. The van der Waals surface area contributed by atoms with Crippen LogP contribution in [-0.4, -0.2) is 42.9 Å². The summed E-state index contributed by atoms with van der Waals surface area (Å²) in [5, 5.41) is 0. The maximum atomic E-state index is 13.9. The molecule has 5 rings (SSSR count). The molecular weight excluding hydrogens is 456 g/mol. The third-order valence-corrected chi connectivity index (χ3v) is 6.86. The van der Waals surface area contributed by atoms with Crippen LogP contribution >= 0.6 is 0 Å². The highest BCUT2D eigenvalue weighted by atomic mass is 16.5. The van der Waals surface area contributed by atoms with Gasteiger partial charge in [0.2, 0.25) is 17.7 Å².